The number of rotatable bonds is 2. The van der Waals surface area contributed by atoms with Gasteiger partial charge in [-0.15, -0.1) is 0 Å². The zero-order valence-corrected chi connectivity index (χ0v) is 9.48. The standard InChI is InChI=1S/C10H12N4OS/c11-9(15)6-2-12-10(13-3-6)14-4-8-1-7(14)5-16-8/h2-3,7-8H,1,4-5H2,(H2,11,15). The summed E-state index contributed by atoms with van der Waals surface area (Å²) in [4.78, 5) is 21.5. The number of fused-ring (bicyclic) bond motifs is 2. The first-order chi connectivity index (χ1) is 7.74. The first-order valence-corrected chi connectivity index (χ1v) is 6.29. The van der Waals surface area contributed by atoms with E-state index in [2.05, 4.69) is 14.9 Å². The molecule has 2 saturated heterocycles. The lowest BCUT2D eigenvalue weighted by atomic mass is 10.2. The first-order valence-electron chi connectivity index (χ1n) is 5.24. The van der Waals surface area contributed by atoms with E-state index in [4.69, 9.17) is 5.73 Å². The summed E-state index contributed by atoms with van der Waals surface area (Å²) in [5.74, 6) is 1.40. The van der Waals surface area contributed by atoms with Gasteiger partial charge in [-0.1, -0.05) is 0 Å². The van der Waals surface area contributed by atoms with Crippen molar-refractivity contribution in [3.05, 3.63) is 18.0 Å². The van der Waals surface area contributed by atoms with Crippen LogP contribution in [0.25, 0.3) is 0 Å². The van der Waals surface area contributed by atoms with Crippen LogP contribution in [0.4, 0.5) is 5.95 Å². The fourth-order valence-corrected chi connectivity index (χ4v) is 3.68. The van der Waals surface area contributed by atoms with Crippen molar-refractivity contribution in [1.29, 1.82) is 0 Å². The molecule has 0 spiro atoms. The number of thioether (sulfide) groups is 1. The summed E-state index contributed by atoms with van der Waals surface area (Å²) in [5.41, 5.74) is 5.51. The second kappa shape index (κ2) is 3.62. The van der Waals surface area contributed by atoms with Gasteiger partial charge in [0.2, 0.25) is 5.95 Å². The van der Waals surface area contributed by atoms with Crippen molar-refractivity contribution >= 4 is 23.6 Å². The Bertz CT molecular complexity index is 421. The average molecular weight is 236 g/mol. The number of hydrogen-bond acceptors (Lipinski definition) is 5. The zero-order chi connectivity index (χ0) is 11.1. The van der Waals surface area contributed by atoms with Gasteiger partial charge in [0.05, 0.1) is 5.56 Å². The molecule has 6 heteroatoms. The largest absolute Gasteiger partial charge is 0.366 e. The molecule has 16 heavy (non-hydrogen) atoms. The summed E-state index contributed by atoms with van der Waals surface area (Å²) >= 11 is 2.03. The van der Waals surface area contributed by atoms with E-state index in [1.165, 1.54) is 18.8 Å². The van der Waals surface area contributed by atoms with Crippen LogP contribution < -0.4 is 10.6 Å². The predicted molar refractivity (Wildman–Crippen MR) is 62.5 cm³/mol. The van der Waals surface area contributed by atoms with E-state index < -0.39 is 5.91 Å². The highest BCUT2D eigenvalue weighted by Gasteiger charge is 2.39. The minimum atomic E-state index is -0.481. The van der Waals surface area contributed by atoms with Gasteiger partial charge >= 0.3 is 0 Å². The lowest BCUT2D eigenvalue weighted by Crippen LogP contribution is -2.35. The SMILES string of the molecule is NC(=O)c1cnc(N2CC3CC2CS3)nc1. The number of carbonyl (C=O) groups excluding carboxylic acids is 1. The van der Waals surface area contributed by atoms with Crippen LogP contribution in [0.15, 0.2) is 12.4 Å². The van der Waals surface area contributed by atoms with Crippen LogP contribution >= 0.6 is 11.8 Å². The Kier molecular flexibility index (Phi) is 2.24. The Morgan fingerprint density at radius 2 is 2.25 bits per heavy atom. The molecular formula is C10H12N4OS. The molecule has 1 aromatic heterocycles. The molecule has 2 aliphatic rings. The van der Waals surface area contributed by atoms with Crippen molar-refractivity contribution < 1.29 is 4.79 Å². The molecule has 2 N–H and O–H groups in total. The number of primary amides is 1. The molecule has 3 heterocycles. The molecule has 2 atom stereocenters. The van der Waals surface area contributed by atoms with Gasteiger partial charge in [0.25, 0.3) is 5.91 Å². The number of carbonyl (C=O) groups is 1. The third-order valence-corrected chi connectivity index (χ3v) is 4.47. The molecule has 84 valence electrons. The Labute approximate surface area is 97.4 Å². The van der Waals surface area contributed by atoms with Crippen LogP contribution in [0.2, 0.25) is 0 Å². The van der Waals surface area contributed by atoms with E-state index in [1.807, 2.05) is 11.8 Å². The van der Waals surface area contributed by atoms with Gasteiger partial charge in [0.1, 0.15) is 0 Å². The van der Waals surface area contributed by atoms with E-state index in [-0.39, 0.29) is 0 Å². The third kappa shape index (κ3) is 1.53. The molecule has 5 nitrogen and oxygen atoms in total. The molecule has 0 aliphatic carbocycles. The van der Waals surface area contributed by atoms with E-state index in [0.29, 0.717) is 11.6 Å². The molecule has 3 rings (SSSR count). The fraction of sp³-hybridized carbons (Fsp3) is 0.500. The predicted octanol–water partition coefficient (Wildman–Crippen LogP) is 0.270. The average Bonchev–Trinajstić information content (AvgIpc) is 2.91. The monoisotopic (exact) mass is 236 g/mol. The Hall–Kier alpha value is -1.30. The van der Waals surface area contributed by atoms with Gasteiger partial charge in [-0.2, -0.15) is 11.8 Å². The van der Waals surface area contributed by atoms with Gasteiger partial charge in [-0.25, -0.2) is 9.97 Å². The number of nitrogens with two attached hydrogens (primary N) is 1. The van der Waals surface area contributed by atoms with Crippen molar-refractivity contribution in [2.45, 2.75) is 17.7 Å². The highest BCUT2D eigenvalue weighted by Crippen LogP contribution is 2.38. The topological polar surface area (TPSA) is 72.1 Å². The van der Waals surface area contributed by atoms with Crippen molar-refractivity contribution in [3.8, 4) is 0 Å². The number of aromatic nitrogens is 2. The lowest BCUT2D eigenvalue weighted by molar-refractivity contribution is 0.0999. The number of anilines is 1. The third-order valence-electron chi connectivity index (χ3n) is 3.08. The molecule has 1 amide bonds. The van der Waals surface area contributed by atoms with Crippen LogP contribution in [0.5, 0.6) is 0 Å². The van der Waals surface area contributed by atoms with Crippen LogP contribution in [-0.4, -0.2) is 39.5 Å². The summed E-state index contributed by atoms with van der Waals surface area (Å²) in [5, 5.41) is 0.726. The maximum absolute atomic E-state index is 10.9. The second-order valence-corrected chi connectivity index (χ2v) is 5.47. The lowest BCUT2D eigenvalue weighted by Gasteiger charge is -2.26. The van der Waals surface area contributed by atoms with Crippen LogP contribution in [0, 0.1) is 0 Å². The highest BCUT2D eigenvalue weighted by molar-refractivity contribution is 8.00. The Balaban J connectivity index is 1.82. The van der Waals surface area contributed by atoms with Crippen molar-refractivity contribution in [1.82, 2.24) is 9.97 Å². The van der Waals surface area contributed by atoms with Gasteiger partial charge in [-0.3, -0.25) is 4.79 Å². The van der Waals surface area contributed by atoms with Crippen molar-refractivity contribution in [3.63, 3.8) is 0 Å². The first kappa shape index (κ1) is 9.89. The maximum atomic E-state index is 10.9. The number of nitrogens with zero attached hydrogens (tertiary/aromatic N) is 3. The van der Waals surface area contributed by atoms with Crippen molar-refractivity contribution in [2.24, 2.45) is 5.73 Å². The molecule has 2 unspecified atom stereocenters. The molecule has 2 aliphatic heterocycles. The van der Waals surface area contributed by atoms with Gasteiger partial charge < -0.3 is 10.6 Å². The Morgan fingerprint density at radius 1 is 1.50 bits per heavy atom. The molecule has 0 radical (unpaired) electrons. The number of amides is 1. The van der Waals surface area contributed by atoms with E-state index >= 15 is 0 Å². The van der Waals surface area contributed by atoms with E-state index in [0.717, 1.165) is 23.5 Å². The van der Waals surface area contributed by atoms with Crippen LogP contribution in [0.1, 0.15) is 16.8 Å². The molecule has 1 aromatic rings. The van der Waals surface area contributed by atoms with E-state index in [9.17, 15) is 4.79 Å². The molecular weight excluding hydrogens is 224 g/mol. The van der Waals surface area contributed by atoms with Gasteiger partial charge in [-0.05, 0) is 6.42 Å². The summed E-state index contributed by atoms with van der Waals surface area (Å²) in [6, 6.07) is 0.564. The van der Waals surface area contributed by atoms with Gasteiger partial charge in [0.15, 0.2) is 0 Å². The van der Waals surface area contributed by atoms with Crippen LogP contribution in [-0.2, 0) is 0 Å². The quantitative estimate of drug-likeness (QED) is 0.798. The smallest absolute Gasteiger partial charge is 0.251 e. The van der Waals surface area contributed by atoms with Crippen molar-refractivity contribution in [2.75, 3.05) is 17.2 Å². The molecule has 2 fully saturated rings. The summed E-state index contributed by atoms with van der Waals surface area (Å²) in [7, 11) is 0. The summed E-state index contributed by atoms with van der Waals surface area (Å²) < 4.78 is 0. The summed E-state index contributed by atoms with van der Waals surface area (Å²) in [6.45, 7) is 1.02. The highest BCUT2D eigenvalue weighted by atomic mass is 32.2. The number of hydrogen-bond donors (Lipinski definition) is 1. The Morgan fingerprint density at radius 3 is 2.75 bits per heavy atom. The maximum Gasteiger partial charge on any atom is 0.251 e. The van der Waals surface area contributed by atoms with E-state index in [1.54, 1.807) is 0 Å². The zero-order valence-electron chi connectivity index (χ0n) is 8.67. The summed E-state index contributed by atoms with van der Waals surface area (Å²) in [6.07, 6.45) is 4.24. The normalized spacial score (nSPS) is 27.4. The van der Waals surface area contributed by atoms with Gasteiger partial charge in [0, 0.05) is 36.0 Å². The van der Waals surface area contributed by atoms with Crippen LogP contribution in [0.3, 0.4) is 0 Å². The fourth-order valence-electron chi connectivity index (χ4n) is 2.24. The minimum absolute atomic E-state index is 0.363. The molecule has 0 aromatic carbocycles. The molecule has 2 bridgehead atoms. The molecule has 0 saturated carbocycles. The second-order valence-electron chi connectivity index (χ2n) is 4.13. The minimum Gasteiger partial charge on any atom is -0.366 e.